The van der Waals surface area contributed by atoms with Gasteiger partial charge in [-0.1, -0.05) is 44.5 Å². The predicted octanol–water partition coefficient (Wildman–Crippen LogP) is 4.07. The van der Waals surface area contributed by atoms with E-state index in [4.69, 9.17) is 11.6 Å². The molecule has 0 aliphatic heterocycles. The lowest BCUT2D eigenvalue weighted by Crippen LogP contribution is -2.30. The third kappa shape index (κ3) is 4.39. The van der Waals surface area contributed by atoms with Gasteiger partial charge in [-0.3, -0.25) is 0 Å². The molecule has 0 spiro atoms. The average Bonchev–Trinajstić information content (AvgIpc) is 3.07. The maximum Gasteiger partial charge on any atom is 0.0642 e. The minimum absolute atomic E-state index is 0.259. The second-order valence-electron chi connectivity index (χ2n) is 6.82. The van der Waals surface area contributed by atoms with E-state index in [2.05, 4.69) is 44.1 Å². The molecular formula is C16H25ClN2. The number of anilines is 1. The van der Waals surface area contributed by atoms with E-state index in [1.165, 1.54) is 24.1 Å². The van der Waals surface area contributed by atoms with Crippen LogP contribution in [0.2, 0.25) is 5.02 Å². The summed E-state index contributed by atoms with van der Waals surface area (Å²) in [5.74, 6) is 0. The molecule has 1 fully saturated rings. The SMILES string of the molecule is CN(CC(C)(C)C)c1c(Cl)cccc1CNC1CC1. The van der Waals surface area contributed by atoms with Crippen molar-refractivity contribution in [1.82, 2.24) is 5.32 Å². The van der Waals surface area contributed by atoms with E-state index in [1.54, 1.807) is 0 Å². The summed E-state index contributed by atoms with van der Waals surface area (Å²) < 4.78 is 0. The van der Waals surface area contributed by atoms with Gasteiger partial charge in [0.25, 0.3) is 0 Å². The normalized spacial score (nSPS) is 15.6. The molecule has 2 rings (SSSR count). The van der Waals surface area contributed by atoms with E-state index in [0.29, 0.717) is 0 Å². The Kier molecular flexibility index (Phi) is 4.42. The smallest absolute Gasteiger partial charge is 0.0642 e. The van der Waals surface area contributed by atoms with Crippen LogP contribution in [0.5, 0.6) is 0 Å². The highest BCUT2D eigenvalue weighted by Crippen LogP contribution is 2.32. The largest absolute Gasteiger partial charge is 0.373 e. The van der Waals surface area contributed by atoms with E-state index in [9.17, 15) is 0 Å². The van der Waals surface area contributed by atoms with Crippen molar-refractivity contribution in [1.29, 1.82) is 0 Å². The summed E-state index contributed by atoms with van der Waals surface area (Å²) in [6, 6.07) is 6.92. The molecule has 1 aromatic carbocycles. The highest BCUT2D eigenvalue weighted by molar-refractivity contribution is 6.33. The summed E-state index contributed by atoms with van der Waals surface area (Å²) in [4.78, 5) is 2.28. The Morgan fingerprint density at radius 3 is 2.58 bits per heavy atom. The summed E-state index contributed by atoms with van der Waals surface area (Å²) in [5, 5.41) is 4.42. The topological polar surface area (TPSA) is 15.3 Å². The minimum atomic E-state index is 0.259. The molecule has 2 nitrogen and oxygen atoms in total. The molecule has 0 bridgehead atoms. The lowest BCUT2D eigenvalue weighted by molar-refractivity contribution is 0.418. The number of benzene rings is 1. The van der Waals surface area contributed by atoms with Crippen molar-refractivity contribution in [2.75, 3.05) is 18.5 Å². The maximum atomic E-state index is 6.41. The van der Waals surface area contributed by atoms with Gasteiger partial charge in [-0.25, -0.2) is 0 Å². The number of halogens is 1. The lowest BCUT2D eigenvalue weighted by Gasteiger charge is -2.30. The van der Waals surface area contributed by atoms with Crippen LogP contribution in [-0.4, -0.2) is 19.6 Å². The first kappa shape index (κ1) is 14.7. The fourth-order valence-electron chi connectivity index (χ4n) is 2.46. The van der Waals surface area contributed by atoms with Gasteiger partial charge in [-0.05, 0) is 29.9 Å². The fraction of sp³-hybridized carbons (Fsp3) is 0.625. The van der Waals surface area contributed by atoms with Crippen LogP contribution in [0.3, 0.4) is 0 Å². The molecule has 1 N–H and O–H groups in total. The third-order valence-corrected chi connectivity index (χ3v) is 3.63. The van der Waals surface area contributed by atoms with Gasteiger partial charge >= 0.3 is 0 Å². The summed E-state index contributed by atoms with van der Waals surface area (Å²) in [6.07, 6.45) is 2.63. The van der Waals surface area contributed by atoms with Gasteiger partial charge in [0.1, 0.15) is 0 Å². The summed E-state index contributed by atoms with van der Waals surface area (Å²) in [5.41, 5.74) is 2.73. The number of hydrogen-bond acceptors (Lipinski definition) is 2. The molecule has 1 aliphatic carbocycles. The number of hydrogen-bond donors (Lipinski definition) is 1. The zero-order valence-corrected chi connectivity index (χ0v) is 13.2. The Labute approximate surface area is 122 Å². The summed E-state index contributed by atoms with van der Waals surface area (Å²) >= 11 is 6.41. The average molecular weight is 281 g/mol. The van der Waals surface area contributed by atoms with Gasteiger partial charge in [-0.15, -0.1) is 0 Å². The molecule has 0 unspecified atom stereocenters. The molecule has 0 saturated heterocycles. The van der Waals surface area contributed by atoms with Crippen LogP contribution < -0.4 is 10.2 Å². The van der Waals surface area contributed by atoms with Crippen LogP contribution in [0.4, 0.5) is 5.69 Å². The Balaban J connectivity index is 2.15. The second kappa shape index (κ2) is 5.72. The van der Waals surface area contributed by atoms with E-state index in [0.717, 1.165) is 24.2 Å². The molecule has 19 heavy (non-hydrogen) atoms. The first-order valence-corrected chi connectivity index (χ1v) is 7.46. The quantitative estimate of drug-likeness (QED) is 0.874. The standard InChI is InChI=1S/C16H25ClN2/c1-16(2,3)11-19(4)15-12(6-5-7-14(15)17)10-18-13-8-9-13/h5-7,13,18H,8-11H2,1-4H3. The van der Waals surface area contributed by atoms with Crippen molar-refractivity contribution in [3.8, 4) is 0 Å². The fourth-order valence-corrected chi connectivity index (χ4v) is 2.80. The number of nitrogens with zero attached hydrogens (tertiary/aromatic N) is 1. The van der Waals surface area contributed by atoms with Crippen LogP contribution in [0.15, 0.2) is 18.2 Å². The monoisotopic (exact) mass is 280 g/mol. The number of rotatable bonds is 5. The van der Waals surface area contributed by atoms with Crippen molar-refractivity contribution < 1.29 is 0 Å². The molecule has 1 saturated carbocycles. The Hall–Kier alpha value is -0.730. The zero-order valence-electron chi connectivity index (χ0n) is 12.5. The van der Waals surface area contributed by atoms with Crippen LogP contribution in [0.25, 0.3) is 0 Å². The summed E-state index contributed by atoms with van der Waals surface area (Å²) in [7, 11) is 2.13. The van der Waals surface area contributed by atoms with E-state index in [-0.39, 0.29) is 5.41 Å². The predicted molar refractivity (Wildman–Crippen MR) is 84.0 cm³/mol. The minimum Gasteiger partial charge on any atom is -0.373 e. The molecule has 1 aromatic rings. The Bertz CT molecular complexity index is 433. The number of nitrogens with one attached hydrogen (secondary N) is 1. The van der Waals surface area contributed by atoms with Crippen molar-refractivity contribution in [3.05, 3.63) is 28.8 Å². The highest BCUT2D eigenvalue weighted by atomic mass is 35.5. The van der Waals surface area contributed by atoms with Crippen LogP contribution in [0, 0.1) is 5.41 Å². The molecule has 1 aliphatic rings. The van der Waals surface area contributed by atoms with E-state index < -0.39 is 0 Å². The van der Waals surface area contributed by atoms with Crippen LogP contribution >= 0.6 is 11.6 Å². The van der Waals surface area contributed by atoms with Gasteiger partial charge in [-0.2, -0.15) is 0 Å². The Morgan fingerprint density at radius 1 is 1.32 bits per heavy atom. The molecular weight excluding hydrogens is 256 g/mol. The number of para-hydroxylation sites is 1. The molecule has 106 valence electrons. The Morgan fingerprint density at radius 2 is 2.00 bits per heavy atom. The van der Waals surface area contributed by atoms with Crippen LogP contribution in [0.1, 0.15) is 39.2 Å². The van der Waals surface area contributed by atoms with Crippen molar-refractivity contribution in [2.24, 2.45) is 5.41 Å². The van der Waals surface area contributed by atoms with Crippen molar-refractivity contribution in [3.63, 3.8) is 0 Å². The van der Waals surface area contributed by atoms with Gasteiger partial charge in [0.2, 0.25) is 0 Å². The van der Waals surface area contributed by atoms with Gasteiger partial charge in [0.05, 0.1) is 10.7 Å². The van der Waals surface area contributed by atoms with Gasteiger partial charge < -0.3 is 10.2 Å². The van der Waals surface area contributed by atoms with Crippen molar-refractivity contribution >= 4 is 17.3 Å². The second-order valence-corrected chi connectivity index (χ2v) is 7.23. The lowest BCUT2D eigenvalue weighted by atomic mass is 9.95. The maximum absolute atomic E-state index is 6.41. The van der Waals surface area contributed by atoms with Gasteiger partial charge in [0.15, 0.2) is 0 Å². The first-order chi connectivity index (χ1) is 8.87. The van der Waals surface area contributed by atoms with E-state index >= 15 is 0 Å². The molecule has 3 heteroatoms. The molecule has 0 amide bonds. The molecule has 0 aromatic heterocycles. The first-order valence-electron chi connectivity index (χ1n) is 7.09. The van der Waals surface area contributed by atoms with E-state index in [1.807, 2.05) is 12.1 Å². The third-order valence-electron chi connectivity index (χ3n) is 3.32. The molecule has 0 radical (unpaired) electrons. The summed E-state index contributed by atoms with van der Waals surface area (Å²) in [6.45, 7) is 8.66. The van der Waals surface area contributed by atoms with Crippen LogP contribution in [-0.2, 0) is 6.54 Å². The highest BCUT2D eigenvalue weighted by Gasteiger charge is 2.22. The molecule has 0 heterocycles. The molecule has 0 atom stereocenters. The van der Waals surface area contributed by atoms with Crippen molar-refractivity contribution in [2.45, 2.75) is 46.2 Å². The van der Waals surface area contributed by atoms with Gasteiger partial charge in [0, 0.05) is 26.2 Å². The zero-order chi connectivity index (χ0) is 14.0.